The van der Waals surface area contributed by atoms with Crippen molar-refractivity contribution in [1.82, 2.24) is 0 Å². The van der Waals surface area contributed by atoms with Gasteiger partial charge in [0.25, 0.3) is 0 Å². The number of methoxy groups -OCH3 is 2. The number of guanidine groups is 1. The lowest BCUT2D eigenvalue weighted by molar-refractivity contribution is 0.405. The third-order valence-electron chi connectivity index (χ3n) is 3.57. The summed E-state index contributed by atoms with van der Waals surface area (Å²) >= 11 is 0. The second kappa shape index (κ2) is 10.0. The standard InChI is InChI=1S/C18H23N3O2.HI/c1-13(14-7-5-4-6-8-14)12-20-18(19)21-16-11-15(22-2)9-10-17(16)23-3;/h4-11,13H,12H2,1-3H3,(H3,19,20,21);1H. The first kappa shape index (κ1) is 20.1. The van der Waals surface area contributed by atoms with Gasteiger partial charge in [-0.3, -0.25) is 4.99 Å². The van der Waals surface area contributed by atoms with Gasteiger partial charge in [-0.15, -0.1) is 24.0 Å². The number of aliphatic imine (C=N–C) groups is 1. The highest BCUT2D eigenvalue weighted by Gasteiger charge is 2.07. The van der Waals surface area contributed by atoms with Crippen molar-refractivity contribution in [2.24, 2.45) is 10.7 Å². The molecule has 0 aromatic heterocycles. The normalized spacial score (nSPS) is 12.0. The predicted molar refractivity (Wildman–Crippen MR) is 110 cm³/mol. The van der Waals surface area contributed by atoms with Crippen LogP contribution < -0.4 is 20.5 Å². The molecule has 6 heteroatoms. The molecule has 0 heterocycles. The van der Waals surface area contributed by atoms with Crippen LogP contribution >= 0.6 is 24.0 Å². The Balaban J connectivity index is 0.00000288. The highest BCUT2D eigenvalue weighted by Crippen LogP contribution is 2.28. The molecule has 2 aromatic rings. The van der Waals surface area contributed by atoms with Crippen molar-refractivity contribution in [2.75, 3.05) is 26.1 Å². The van der Waals surface area contributed by atoms with Gasteiger partial charge in [0, 0.05) is 18.5 Å². The first-order valence-electron chi connectivity index (χ1n) is 7.48. The summed E-state index contributed by atoms with van der Waals surface area (Å²) in [6.07, 6.45) is 0. The van der Waals surface area contributed by atoms with Gasteiger partial charge in [0.05, 0.1) is 19.9 Å². The molecular weight excluding hydrogens is 417 g/mol. The summed E-state index contributed by atoms with van der Waals surface area (Å²) in [4.78, 5) is 4.41. The zero-order chi connectivity index (χ0) is 16.7. The molecule has 0 saturated heterocycles. The lowest BCUT2D eigenvalue weighted by Gasteiger charge is -2.13. The fourth-order valence-corrected chi connectivity index (χ4v) is 2.21. The number of hydrogen-bond donors (Lipinski definition) is 2. The number of nitrogens with two attached hydrogens (primary N) is 1. The van der Waals surface area contributed by atoms with E-state index in [9.17, 15) is 0 Å². The molecular formula is C18H24IN3O2. The van der Waals surface area contributed by atoms with Gasteiger partial charge in [0.2, 0.25) is 0 Å². The van der Waals surface area contributed by atoms with E-state index in [1.54, 1.807) is 14.2 Å². The Bertz CT molecular complexity index is 663. The molecule has 0 fully saturated rings. The average molecular weight is 441 g/mol. The van der Waals surface area contributed by atoms with Gasteiger partial charge in [0.15, 0.2) is 5.96 Å². The topological polar surface area (TPSA) is 68.9 Å². The number of anilines is 1. The minimum Gasteiger partial charge on any atom is -0.497 e. The van der Waals surface area contributed by atoms with Crippen molar-refractivity contribution in [2.45, 2.75) is 12.8 Å². The maximum Gasteiger partial charge on any atom is 0.193 e. The lowest BCUT2D eigenvalue weighted by Crippen LogP contribution is -2.23. The van der Waals surface area contributed by atoms with Crippen LogP contribution in [0.15, 0.2) is 53.5 Å². The number of nitrogens with one attached hydrogen (secondary N) is 1. The molecule has 24 heavy (non-hydrogen) atoms. The molecule has 130 valence electrons. The molecule has 0 bridgehead atoms. The predicted octanol–water partition coefficient (Wildman–Crippen LogP) is 3.85. The van der Waals surface area contributed by atoms with Crippen molar-refractivity contribution in [3.05, 3.63) is 54.1 Å². The number of halogens is 1. The van der Waals surface area contributed by atoms with Gasteiger partial charge in [-0.1, -0.05) is 37.3 Å². The van der Waals surface area contributed by atoms with E-state index in [4.69, 9.17) is 15.2 Å². The molecule has 0 amide bonds. The molecule has 3 N–H and O–H groups in total. The van der Waals surface area contributed by atoms with E-state index in [1.165, 1.54) is 5.56 Å². The van der Waals surface area contributed by atoms with Crippen molar-refractivity contribution in [1.29, 1.82) is 0 Å². The molecule has 1 atom stereocenters. The monoisotopic (exact) mass is 441 g/mol. The number of benzene rings is 2. The van der Waals surface area contributed by atoms with E-state index < -0.39 is 0 Å². The van der Waals surface area contributed by atoms with Gasteiger partial charge in [0.1, 0.15) is 11.5 Å². The summed E-state index contributed by atoms with van der Waals surface area (Å²) in [6.45, 7) is 2.73. The Morgan fingerprint density at radius 2 is 1.83 bits per heavy atom. The highest BCUT2D eigenvalue weighted by atomic mass is 127. The van der Waals surface area contributed by atoms with Gasteiger partial charge in [-0.2, -0.15) is 0 Å². The highest BCUT2D eigenvalue weighted by molar-refractivity contribution is 14.0. The van der Waals surface area contributed by atoms with Crippen LogP contribution in [0.4, 0.5) is 5.69 Å². The second-order valence-electron chi connectivity index (χ2n) is 5.23. The molecule has 5 nitrogen and oxygen atoms in total. The van der Waals surface area contributed by atoms with Gasteiger partial charge < -0.3 is 20.5 Å². The molecule has 0 saturated carbocycles. The Morgan fingerprint density at radius 3 is 2.46 bits per heavy atom. The summed E-state index contributed by atoms with van der Waals surface area (Å²) in [5.74, 6) is 2.04. The molecule has 1 unspecified atom stereocenters. The summed E-state index contributed by atoms with van der Waals surface area (Å²) in [6, 6.07) is 15.7. The van der Waals surface area contributed by atoms with Crippen LogP contribution in [0.5, 0.6) is 11.5 Å². The molecule has 2 rings (SSSR count). The SMILES string of the molecule is COc1ccc(OC)c(NC(N)=NCC(C)c2ccccc2)c1.I. The van der Waals surface area contributed by atoms with E-state index >= 15 is 0 Å². The van der Waals surface area contributed by atoms with Crippen LogP contribution in [0.3, 0.4) is 0 Å². The maximum absolute atomic E-state index is 5.99. The van der Waals surface area contributed by atoms with E-state index in [-0.39, 0.29) is 24.0 Å². The number of nitrogens with zero attached hydrogens (tertiary/aromatic N) is 1. The quantitative estimate of drug-likeness (QED) is 0.406. The Kier molecular flexibility index (Phi) is 8.39. The van der Waals surface area contributed by atoms with Crippen LogP contribution in [0.1, 0.15) is 18.4 Å². The summed E-state index contributed by atoms with van der Waals surface area (Å²) < 4.78 is 10.5. The minimum atomic E-state index is 0. The lowest BCUT2D eigenvalue weighted by atomic mass is 10.0. The fraction of sp³-hybridized carbons (Fsp3) is 0.278. The van der Waals surface area contributed by atoms with Crippen molar-refractivity contribution < 1.29 is 9.47 Å². The Hall–Kier alpha value is -1.96. The van der Waals surface area contributed by atoms with Gasteiger partial charge >= 0.3 is 0 Å². The van der Waals surface area contributed by atoms with E-state index in [0.29, 0.717) is 24.2 Å². The van der Waals surface area contributed by atoms with Gasteiger partial charge in [-0.05, 0) is 17.7 Å². The zero-order valence-electron chi connectivity index (χ0n) is 14.2. The van der Waals surface area contributed by atoms with Crippen LogP contribution in [0, 0.1) is 0 Å². The smallest absolute Gasteiger partial charge is 0.193 e. The van der Waals surface area contributed by atoms with Crippen molar-refractivity contribution in [3.63, 3.8) is 0 Å². The van der Waals surface area contributed by atoms with Crippen LogP contribution in [-0.4, -0.2) is 26.7 Å². The van der Waals surface area contributed by atoms with Crippen LogP contribution in [-0.2, 0) is 0 Å². The van der Waals surface area contributed by atoms with Crippen LogP contribution in [0.25, 0.3) is 0 Å². The molecule has 0 aliphatic rings. The first-order valence-corrected chi connectivity index (χ1v) is 7.48. The summed E-state index contributed by atoms with van der Waals surface area (Å²) in [7, 11) is 3.22. The number of ether oxygens (including phenoxy) is 2. The molecule has 0 aliphatic carbocycles. The largest absolute Gasteiger partial charge is 0.497 e. The van der Waals surface area contributed by atoms with Gasteiger partial charge in [-0.25, -0.2) is 0 Å². The van der Waals surface area contributed by atoms with Crippen LogP contribution in [0.2, 0.25) is 0 Å². The van der Waals surface area contributed by atoms with Crippen molar-refractivity contribution >= 4 is 35.6 Å². The zero-order valence-corrected chi connectivity index (χ0v) is 16.5. The first-order chi connectivity index (χ1) is 11.1. The Morgan fingerprint density at radius 1 is 1.12 bits per heavy atom. The molecule has 0 spiro atoms. The molecule has 0 radical (unpaired) electrons. The summed E-state index contributed by atoms with van der Waals surface area (Å²) in [5.41, 5.74) is 7.95. The third-order valence-corrected chi connectivity index (χ3v) is 3.57. The minimum absolute atomic E-state index is 0. The molecule has 2 aromatic carbocycles. The number of rotatable bonds is 6. The second-order valence-corrected chi connectivity index (χ2v) is 5.23. The fourth-order valence-electron chi connectivity index (χ4n) is 2.21. The Labute approximate surface area is 160 Å². The maximum atomic E-state index is 5.99. The van der Waals surface area contributed by atoms with E-state index in [2.05, 4.69) is 29.4 Å². The summed E-state index contributed by atoms with van der Waals surface area (Å²) in [5, 5.41) is 3.07. The van der Waals surface area contributed by atoms with E-state index in [0.717, 1.165) is 11.4 Å². The average Bonchev–Trinajstić information content (AvgIpc) is 2.60. The third kappa shape index (κ3) is 5.59. The molecule has 0 aliphatic heterocycles. The number of hydrogen-bond acceptors (Lipinski definition) is 3. The van der Waals surface area contributed by atoms with E-state index in [1.807, 2.05) is 36.4 Å². The van der Waals surface area contributed by atoms with Crippen molar-refractivity contribution in [3.8, 4) is 11.5 Å².